The molecule has 1 fully saturated rings. The van der Waals surface area contributed by atoms with Crippen LogP contribution in [0.2, 0.25) is 5.02 Å². The highest BCUT2D eigenvalue weighted by Crippen LogP contribution is 2.47. The number of benzene rings is 2. The monoisotopic (exact) mass is 413 g/mol. The second-order valence-corrected chi connectivity index (χ2v) is 8.60. The van der Waals surface area contributed by atoms with Gasteiger partial charge in [-0.2, -0.15) is 0 Å². The van der Waals surface area contributed by atoms with E-state index in [9.17, 15) is 9.59 Å². The van der Waals surface area contributed by atoms with Crippen molar-refractivity contribution in [2.75, 3.05) is 4.90 Å². The molecule has 0 aliphatic carbocycles. The number of carbonyl (C=O) groups excluding carboxylic acids is 1. The molecule has 0 spiro atoms. The van der Waals surface area contributed by atoms with Crippen molar-refractivity contribution in [2.24, 2.45) is 7.05 Å². The van der Waals surface area contributed by atoms with Crippen LogP contribution in [0.1, 0.15) is 23.6 Å². The molecule has 3 aromatic rings. The van der Waals surface area contributed by atoms with Crippen molar-refractivity contribution < 1.29 is 4.79 Å². The van der Waals surface area contributed by atoms with E-state index in [2.05, 4.69) is 0 Å². The molecule has 0 bridgehead atoms. The molecular weight excluding hydrogens is 394 g/mol. The standard InChI is InChI=1S/C21H20ClN3O2S/c1-13-18(20(27)25(23(13)3)15-9-5-4-6-10-15)24-19(26)14(2)28-21(24)16-11-7-8-12-17(16)22/h4-12,14,21H,1-3H3/t14-,21+/m0/s1. The van der Waals surface area contributed by atoms with Gasteiger partial charge in [0.1, 0.15) is 11.1 Å². The number of aromatic nitrogens is 2. The van der Waals surface area contributed by atoms with Crippen molar-refractivity contribution in [3.8, 4) is 5.69 Å². The number of anilines is 1. The zero-order valence-electron chi connectivity index (χ0n) is 15.8. The molecule has 144 valence electrons. The molecule has 1 saturated heterocycles. The van der Waals surface area contributed by atoms with Crippen molar-refractivity contribution >= 4 is 35.0 Å². The second kappa shape index (κ2) is 7.18. The first kappa shape index (κ1) is 18.9. The maximum absolute atomic E-state index is 13.4. The summed E-state index contributed by atoms with van der Waals surface area (Å²) in [5.41, 5.74) is 2.50. The normalized spacial score (nSPS) is 19.4. The van der Waals surface area contributed by atoms with Gasteiger partial charge in [-0.3, -0.25) is 19.2 Å². The fraction of sp³-hybridized carbons (Fsp3) is 0.238. The zero-order chi connectivity index (χ0) is 20.0. The summed E-state index contributed by atoms with van der Waals surface area (Å²) in [4.78, 5) is 28.1. The van der Waals surface area contributed by atoms with Crippen molar-refractivity contribution in [1.82, 2.24) is 9.36 Å². The third-order valence-corrected chi connectivity index (χ3v) is 6.77. The first-order valence-corrected chi connectivity index (χ1v) is 10.3. The van der Waals surface area contributed by atoms with Crippen LogP contribution in [0.4, 0.5) is 5.69 Å². The van der Waals surface area contributed by atoms with Gasteiger partial charge in [0.05, 0.1) is 16.6 Å². The van der Waals surface area contributed by atoms with Gasteiger partial charge < -0.3 is 0 Å². The lowest BCUT2D eigenvalue weighted by Crippen LogP contribution is -2.34. The van der Waals surface area contributed by atoms with Gasteiger partial charge in [-0.1, -0.05) is 48.0 Å². The predicted molar refractivity (Wildman–Crippen MR) is 114 cm³/mol. The summed E-state index contributed by atoms with van der Waals surface area (Å²) in [5, 5.41) is -0.0106. The maximum atomic E-state index is 13.4. The molecule has 0 unspecified atom stereocenters. The molecule has 1 aromatic heterocycles. The van der Waals surface area contributed by atoms with E-state index < -0.39 is 0 Å². The van der Waals surface area contributed by atoms with Crippen LogP contribution >= 0.6 is 23.4 Å². The van der Waals surface area contributed by atoms with Crippen LogP contribution in [-0.2, 0) is 11.8 Å². The highest BCUT2D eigenvalue weighted by atomic mass is 35.5. The van der Waals surface area contributed by atoms with E-state index in [1.807, 2.05) is 75.5 Å². The molecule has 7 heteroatoms. The van der Waals surface area contributed by atoms with Crippen molar-refractivity contribution in [3.63, 3.8) is 0 Å². The summed E-state index contributed by atoms with van der Waals surface area (Å²) < 4.78 is 3.38. The fourth-order valence-electron chi connectivity index (χ4n) is 3.57. The van der Waals surface area contributed by atoms with E-state index in [0.717, 1.165) is 16.9 Å². The molecule has 0 saturated carbocycles. The fourth-order valence-corrected chi connectivity index (χ4v) is 5.17. The molecule has 2 aromatic carbocycles. The molecule has 1 aliphatic heterocycles. The van der Waals surface area contributed by atoms with Crippen LogP contribution in [0.3, 0.4) is 0 Å². The summed E-state index contributed by atoms with van der Waals surface area (Å²) in [5.74, 6) is -0.0825. The van der Waals surface area contributed by atoms with Gasteiger partial charge in [-0.25, -0.2) is 4.68 Å². The van der Waals surface area contributed by atoms with Gasteiger partial charge in [0.2, 0.25) is 5.91 Å². The largest absolute Gasteiger partial charge is 0.295 e. The molecule has 0 N–H and O–H groups in total. The van der Waals surface area contributed by atoms with Crippen molar-refractivity contribution in [3.05, 3.63) is 81.2 Å². The van der Waals surface area contributed by atoms with Crippen molar-refractivity contribution in [2.45, 2.75) is 24.5 Å². The lowest BCUT2D eigenvalue weighted by atomic mass is 10.2. The Morgan fingerprint density at radius 1 is 1.00 bits per heavy atom. The Morgan fingerprint density at radius 3 is 2.32 bits per heavy atom. The Kier molecular flexibility index (Phi) is 4.85. The van der Waals surface area contributed by atoms with Gasteiger partial charge >= 0.3 is 0 Å². The lowest BCUT2D eigenvalue weighted by Gasteiger charge is -2.23. The molecule has 1 aliphatic rings. The Morgan fingerprint density at radius 2 is 1.64 bits per heavy atom. The number of rotatable bonds is 3. The third-order valence-electron chi connectivity index (χ3n) is 5.09. The molecule has 5 nitrogen and oxygen atoms in total. The lowest BCUT2D eigenvalue weighted by molar-refractivity contribution is -0.117. The van der Waals surface area contributed by atoms with Crippen LogP contribution in [0.15, 0.2) is 59.4 Å². The van der Waals surface area contributed by atoms with Gasteiger partial charge in [0.25, 0.3) is 5.56 Å². The van der Waals surface area contributed by atoms with Crippen molar-refractivity contribution in [1.29, 1.82) is 0 Å². The number of carbonyl (C=O) groups is 1. The van der Waals surface area contributed by atoms with Crippen LogP contribution in [-0.4, -0.2) is 20.5 Å². The Hall–Kier alpha value is -2.44. The summed E-state index contributed by atoms with van der Waals surface area (Å²) in [6.45, 7) is 3.73. The molecule has 2 heterocycles. The highest BCUT2D eigenvalue weighted by molar-refractivity contribution is 8.01. The van der Waals surface area contributed by atoms with E-state index in [4.69, 9.17) is 11.6 Å². The Balaban J connectivity index is 1.91. The van der Waals surface area contributed by atoms with Crippen LogP contribution < -0.4 is 10.5 Å². The number of para-hydroxylation sites is 1. The number of nitrogens with zero attached hydrogens (tertiary/aromatic N) is 3. The van der Waals surface area contributed by atoms with E-state index in [1.54, 1.807) is 14.3 Å². The highest BCUT2D eigenvalue weighted by Gasteiger charge is 2.43. The minimum Gasteiger partial charge on any atom is -0.288 e. The molecule has 0 radical (unpaired) electrons. The molecule has 4 rings (SSSR count). The minimum atomic E-state index is -0.339. The van der Waals surface area contributed by atoms with E-state index >= 15 is 0 Å². The predicted octanol–water partition coefficient (Wildman–Crippen LogP) is 4.30. The Bertz CT molecular complexity index is 1110. The average molecular weight is 414 g/mol. The number of halogens is 1. The SMILES string of the molecule is Cc1c(N2C(=O)[C@H](C)S[C@@H]2c2ccccc2Cl)c(=O)n(-c2ccccc2)n1C. The quantitative estimate of drug-likeness (QED) is 0.643. The summed E-state index contributed by atoms with van der Waals surface area (Å²) in [6, 6.07) is 16.9. The van der Waals surface area contributed by atoms with Crippen LogP contribution in [0.25, 0.3) is 5.69 Å². The topological polar surface area (TPSA) is 47.2 Å². The Labute approximate surface area is 172 Å². The second-order valence-electron chi connectivity index (χ2n) is 6.77. The number of thioether (sulfide) groups is 1. The van der Waals surface area contributed by atoms with E-state index in [0.29, 0.717) is 10.7 Å². The molecule has 2 atom stereocenters. The van der Waals surface area contributed by atoms with Gasteiger partial charge in [0.15, 0.2) is 0 Å². The number of amides is 1. The third kappa shape index (κ3) is 2.88. The van der Waals surface area contributed by atoms with Gasteiger partial charge in [-0.15, -0.1) is 11.8 Å². The summed E-state index contributed by atoms with van der Waals surface area (Å²) in [6.07, 6.45) is 0. The molecule has 1 amide bonds. The first-order valence-electron chi connectivity index (χ1n) is 8.98. The average Bonchev–Trinajstić information content (AvgIpc) is 3.09. The smallest absolute Gasteiger partial charge is 0.288 e. The zero-order valence-corrected chi connectivity index (χ0v) is 17.4. The summed E-state index contributed by atoms with van der Waals surface area (Å²) >= 11 is 7.93. The first-order chi connectivity index (χ1) is 13.4. The molecular formula is C21H20ClN3O2S. The number of hydrogen-bond acceptors (Lipinski definition) is 3. The van der Waals surface area contributed by atoms with Crippen LogP contribution in [0.5, 0.6) is 0 Å². The van der Waals surface area contributed by atoms with E-state index in [1.165, 1.54) is 11.8 Å². The number of hydrogen-bond donors (Lipinski definition) is 0. The van der Waals surface area contributed by atoms with E-state index in [-0.39, 0.29) is 22.1 Å². The maximum Gasteiger partial charge on any atom is 0.295 e. The minimum absolute atomic E-state index is 0.0825. The van der Waals surface area contributed by atoms with Gasteiger partial charge in [-0.05, 0) is 32.0 Å². The van der Waals surface area contributed by atoms with Gasteiger partial charge in [0, 0.05) is 17.6 Å². The summed E-state index contributed by atoms with van der Waals surface area (Å²) in [7, 11) is 1.83. The van der Waals surface area contributed by atoms with Crippen LogP contribution in [0, 0.1) is 6.92 Å². The molecule has 28 heavy (non-hydrogen) atoms.